The predicted molar refractivity (Wildman–Crippen MR) is 158 cm³/mol. The zero-order chi connectivity index (χ0) is 29.0. The predicted octanol–water partition coefficient (Wildman–Crippen LogP) is 4.09. The van der Waals surface area contributed by atoms with Crippen molar-refractivity contribution in [1.29, 1.82) is 0 Å². The minimum absolute atomic E-state index is 0.126. The van der Waals surface area contributed by atoms with E-state index < -0.39 is 5.82 Å². The van der Waals surface area contributed by atoms with Crippen LogP contribution in [0.1, 0.15) is 36.3 Å². The van der Waals surface area contributed by atoms with Crippen molar-refractivity contribution in [3.05, 3.63) is 65.4 Å². The van der Waals surface area contributed by atoms with Crippen LogP contribution in [0.3, 0.4) is 0 Å². The lowest BCUT2D eigenvalue weighted by Crippen LogP contribution is -2.56. The zero-order valence-corrected chi connectivity index (χ0v) is 23.8. The topological polar surface area (TPSA) is 79.1 Å². The Hall–Kier alpha value is -4.10. The van der Waals surface area contributed by atoms with Crippen LogP contribution in [0.5, 0.6) is 6.01 Å². The molecule has 2 aromatic heterocycles. The molecule has 0 bridgehead atoms. The van der Waals surface area contributed by atoms with Gasteiger partial charge in [-0.3, -0.25) is 9.78 Å². The Bertz CT molecular complexity index is 1620. The van der Waals surface area contributed by atoms with Crippen molar-refractivity contribution < 1.29 is 13.9 Å². The first kappa shape index (κ1) is 26.8. The van der Waals surface area contributed by atoms with Crippen LogP contribution in [-0.4, -0.2) is 89.1 Å². The molecule has 10 heteroatoms. The number of pyridine rings is 1. The molecule has 0 spiro atoms. The van der Waals surface area contributed by atoms with Gasteiger partial charge in [0.15, 0.2) is 5.82 Å². The first-order valence-electron chi connectivity index (χ1n) is 14.8. The van der Waals surface area contributed by atoms with E-state index >= 15 is 4.39 Å². The molecule has 3 fully saturated rings. The van der Waals surface area contributed by atoms with Crippen LogP contribution in [0.25, 0.3) is 27.0 Å². The van der Waals surface area contributed by atoms with E-state index in [2.05, 4.69) is 39.4 Å². The molecular formula is C32H34FN7O2. The number of likely N-dealkylation sites (tertiary alicyclic amines) is 1. The van der Waals surface area contributed by atoms with Gasteiger partial charge in [0.1, 0.15) is 29.7 Å². The van der Waals surface area contributed by atoms with E-state index in [-0.39, 0.29) is 36.1 Å². The number of ether oxygens (including phenoxy) is 1. The van der Waals surface area contributed by atoms with Crippen molar-refractivity contribution in [2.75, 3.05) is 51.3 Å². The maximum Gasteiger partial charge on any atom is 0.319 e. The fraction of sp³-hybridized carbons (Fsp3) is 0.469. The number of carbonyl (C=O) groups excluding carboxylic acids is 1. The molecule has 2 aliphatic carbocycles. The molecule has 4 aliphatic rings. The second-order valence-electron chi connectivity index (χ2n) is 12.0. The molecule has 9 nitrogen and oxygen atoms in total. The molecule has 0 N–H and O–H groups in total. The van der Waals surface area contributed by atoms with Gasteiger partial charge in [-0.1, -0.05) is 24.8 Å². The number of halogens is 1. The molecule has 2 aliphatic heterocycles. The molecule has 2 saturated heterocycles. The summed E-state index contributed by atoms with van der Waals surface area (Å²) in [5.74, 6) is 0.988. The third kappa shape index (κ3) is 4.56. The van der Waals surface area contributed by atoms with Crippen molar-refractivity contribution in [3.63, 3.8) is 0 Å². The summed E-state index contributed by atoms with van der Waals surface area (Å²) in [5.41, 5.74) is 3.86. The van der Waals surface area contributed by atoms with Gasteiger partial charge in [0, 0.05) is 37.4 Å². The van der Waals surface area contributed by atoms with E-state index in [0.29, 0.717) is 55.0 Å². The van der Waals surface area contributed by atoms with Crippen molar-refractivity contribution in [1.82, 2.24) is 24.8 Å². The molecule has 0 unspecified atom stereocenters. The number of hydrogen-bond acceptors (Lipinski definition) is 7. The second-order valence-corrected chi connectivity index (χ2v) is 12.0. The van der Waals surface area contributed by atoms with Crippen LogP contribution in [0.2, 0.25) is 0 Å². The SMILES string of the molecule is [C-]#[N+]C[C@H]1CN(c2nc(OC[C@@H]3CCCN3C)nc3c(F)c(-c4cccc5c4[C@@H]4C[C@@H]4C5)ncc23)CCN1C(=O)C=C. The number of aromatic nitrogens is 3. The molecular weight excluding hydrogens is 533 g/mol. The van der Waals surface area contributed by atoms with Gasteiger partial charge in [0.05, 0.1) is 5.39 Å². The van der Waals surface area contributed by atoms with Crippen molar-refractivity contribution >= 4 is 22.6 Å². The highest BCUT2D eigenvalue weighted by Crippen LogP contribution is 2.58. The lowest BCUT2D eigenvalue weighted by molar-refractivity contribution is -0.128. The number of rotatable bonds is 7. The summed E-state index contributed by atoms with van der Waals surface area (Å²) in [6.07, 6.45) is 7.29. The van der Waals surface area contributed by atoms with E-state index in [1.165, 1.54) is 17.2 Å². The smallest absolute Gasteiger partial charge is 0.319 e. The Kier molecular flexibility index (Phi) is 6.77. The highest BCUT2D eigenvalue weighted by atomic mass is 19.1. The Labute approximate surface area is 244 Å². The zero-order valence-electron chi connectivity index (χ0n) is 23.8. The third-order valence-electron chi connectivity index (χ3n) is 9.49. The van der Waals surface area contributed by atoms with Gasteiger partial charge in [0.2, 0.25) is 12.5 Å². The maximum atomic E-state index is 16.6. The van der Waals surface area contributed by atoms with E-state index in [4.69, 9.17) is 16.3 Å². The van der Waals surface area contributed by atoms with Gasteiger partial charge in [-0.25, -0.2) is 11.0 Å². The molecule has 3 aromatic rings. The first-order chi connectivity index (χ1) is 20.5. The molecule has 7 rings (SSSR count). The summed E-state index contributed by atoms with van der Waals surface area (Å²) in [6.45, 7) is 13.9. The number of benzene rings is 1. The van der Waals surface area contributed by atoms with Gasteiger partial charge in [-0.2, -0.15) is 9.97 Å². The van der Waals surface area contributed by atoms with Crippen LogP contribution in [0.4, 0.5) is 10.2 Å². The minimum atomic E-state index is -0.477. The van der Waals surface area contributed by atoms with Crippen LogP contribution >= 0.6 is 0 Å². The van der Waals surface area contributed by atoms with Gasteiger partial charge >= 0.3 is 6.01 Å². The molecule has 0 radical (unpaired) electrons. The molecule has 4 atom stereocenters. The highest BCUT2D eigenvalue weighted by molar-refractivity contribution is 5.93. The normalized spacial score (nSPS) is 24.8. The summed E-state index contributed by atoms with van der Waals surface area (Å²) in [6, 6.07) is 6.13. The maximum absolute atomic E-state index is 16.6. The Balaban J connectivity index is 1.30. The largest absolute Gasteiger partial charge is 0.462 e. The highest BCUT2D eigenvalue weighted by Gasteiger charge is 2.46. The number of hydrogen-bond donors (Lipinski definition) is 0. The first-order valence-corrected chi connectivity index (χ1v) is 14.8. The Morgan fingerprint density at radius 3 is 2.93 bits per heavy atom. The minimum Gasteiger partial charge on any atom is -0.462 e. The number of nitrogens with zero attached hydrogens (tertiary/aromatic N) is 7. The van der Waals surface area contributed by atoms with Crippen LogP contribution in [-0.2, 0) is 11.2 Å². The quantitative estimate of drug-likeness (QED) is 0.314. The van der Waals surface area contributed by atoms with Crippen LogP contribution < -0.4 is 9.64 Å². The number of anilines is 1. The van der Waals surface area contributed by atoms with Crippen molar-refractivity contribution in [2.45, 2.75) is 43.7 Å². The number of amides is 1. The fourth-order valence-corrected chi connectivity index (χ4v) is 7.14. The van der Waals surface area contributed by atoms with Gasteiger partial charge in [-0.15, -0.1) is 0 Å². The molecule has 216 valence electrons. The second kappa shape index (κ2) is 10.6. The Morgan fingerprint density at radius 1 is 1.26 bits per heavy atom. The van der Waals surface area contributed by atoms with E-state index in [1.807, 2.05) is 17.0 Å². The molecule has 1 saturated carbocycles. The number of likely N-dealkylation sites (N-methyl/N-ethyl adjacent to an activating group) is 1. The third-order valence-corrected chi connectivity index (χ3v) is 9.49. The summed E-state index contributed by atoms with van der Waals surface area (Å²) >= 11 is 0. The lowest BCUT2D eigenvalue weighted by atomic mass is 9.96. The summed E-state index contributed by atoms with van der Waals surface area (Å²) in [5, 5.41) is 0.489. The summed E-state index contributed by atoms with van der Waals surface area (Å²) in [4.78, 5) is 36.1. The number of piperazine rings is 1. The standard InChI is InChI=1S/C32H34FN7O2/c1-4-26(41)40-12-11-39(17-22(40)15-34-2)31-25-16-35-29(23-9-5-7-19-13-20-14-24(20)27(19)23)28(33)30(25)36-32(37-31)42-18-21-8-6-10-38(21)3/h4-5,7,9,16,20-22,24H,1,6,8,10-15,17-18H2,3H3/t20-,21-,22-,24+/m0/s1. The monoisotopic (exact) mass is 567 g/mol. The van der Waals surface area contributed by atoms with Crippen LogP contribution in [0, 0.1) is 18.3 Å². The van der Waals surface area contributed by atoms with Gasteiger partial charge in [-0.05, 0) is 68.3 Å². The van der Waals surface area contributed by atoms with Crippen LogP contribution in [0.15, 0.2) is 37.1 Å². The summed E-state index contributed by atoms with van der Waals surface area (Å²) < 4.78 is 22.7. The van der Waals surface area contributed by atoms with Gasteiger partial charge < -0.3 is 24.3 Å². The number of fused-ring (bicyclic) bond motifs is 4. The van der Waals surface area contributed by atoms with Crippen molar-refractivity contribution in [2.24, 2.45) is 5.92 Å². The number of carbonyl (C=O) groups is 1. The van der Waals surface area contributed by atoms with E-state index in [1.54, 1.807) is 11.1 Å². The fourth-order valence-electron chi connectivity index (χ4n) is 7.14. The van der Waals surface area contributed by atoms with E-state index in [0.717, 1.165) is 37.8 Å². The Morgan fingerprint density at radius 2 is 2.14 bits per heavy atom. The van der Waals surface area contributed by atoms with Gasteiger partial charge in [0.25, 0.3) is 0 Å². The van der Waals surface area contributed by atoms with Crippen molar-refractivity contribution in [3.8, 4) is 17.3 Å². The summed E-state index contributed by atoms with van der Waals surface area (Å²) in [7, 11) is 2.08. The molecule has 1 amide bonds. The lowest BCUT2D eigenvalue weighted by Gasteiger charge is -2.39. The average Bonchev–Trinajstić information content (AvgIpc) is 3.48. The van der Waals surface area contributed by atoms with E-state index in [9.17, 15) is 4.79 Å². The molecule has 4 heterocycles. The molecule has 42 heavy (non-hydrogen) atoms. The average molecular weight is 568 g/mol. The molecule has 1 aromatic carbocycles.